The van der Waals surface area contributed by atoms with Gasteiger partial charge in [0.05, 0.1) is 18.4 Å². The molecule has 27 heavy (non-hydrogen) atoms. The molecule has 7 nitrogen and oxygen atoms in total. The first-order valence-electron chi connectivity index (χ1n) is 7.91. The van der Waals surface area contributed by atoms with Gasteiger partial charge >= 0.3 is 0 Å². The van der Waals surface area contributed by atoms with Crippen molar-refractivity contribution in [2.45, 2.75) is 11.0 Å². The Labute approximate surface area is 167 Å². The fourth-order valence-electron chi connectivity index (χ4n) is 2.35. The summed E-state index contributed by atoms with van der Waals surface area (Å²) in [5, 5.41) is 12.6. The Hall–Kier alpha value is -2.65. The van der Waals surface area contributed by atoms with Crippen LogP contribution in [-0.2, 0) is 5.75 Å². The van der Waals surface area contributed by atoms with E-state index in [1.165, 1.54) is 11.8 Å². The number of aromatic nitrogens is 4. The molecule has 2 aromatic carbocycles. The van der Waals surface area contributed by atoms with Crippen molar-refractivity contribution in [1.82, 2.24) is 20.3 Å². The molecular weight excluding hydrogens is 432 g/mol. The minimum Gasteiger partial charge on any atom is -0.496 e. The van der Waals surface area contributed by atoms with Crippen molar-refractivity contribution in [3.63, 3.8) is 0 Å². The zero-order valence-corrected chi connectivity index (χ0v) is 16.5. The fourth-order valence-corrected chi connectivity index (χ4v) is 3.22. The van der Waals surface area contributed by atoms with E-state index in [0.29, 0.717) is 34.3 Å². The van der Waals surface area contributed by atoms with Crippen LogP contribution in [-0.4, -0.2) is 27.4 Å². The molecule has 9 heteroatoms. The predicted octanol–water partition coefficient (Wildman–Crippen LogP) is 4.85. The van der Waals surface area contributed by atoms with Gasteiger partial charge in [0, 0.05) is 10.0 Å². The van der Waals surface area contributed by atoms with Gasteiger partial charge in [-0.3, -0.25) is 0 Å². The number of rotatable bonds is 6. The molecule has 0 atom stereocenters. The van der Waals surface area contributed by atoms with Crippen molar-refractivity contribution in [1.29, 1.82) is 0 Å². The second kappa shape index (κ2) is 7.93. The quantitative estimate of drug-likeness (QED) is 0.390. The lowest BCUT2D eigenvalue weighted by atomic mass is 10.2. The smallest absolute Gasteiger partial charge is 0.277 e. The number of thioether (sulfide) groups is 1. The lowest BCUT2D eigenvalue weighted by molar-refractivity contribution is 0.389. The number of benzene rings is 2. The first-order chi connectivity index (χ1) is 13.2. The standard InChI is InChI=1S/C18H13BrN4O3S/c1-24-14-5-3-2-4-13(14)16-20-15(26-23-16)10-27-18-22-21-17(25-18)11-6-8-12(19)9-7-11/h2-9H,10H2,1H3. The number of ether oxygens (including phenoxy) is 1. The van der Waals surface area contributed by atoms with E-state index >= 15 is 0 Å². The third-order valence-corrected chi connectivity index (χ3v) is 4.96. The van der Waals surface area contributed by atoms with E-state index in [-0.39, 0.29) is 0 Å². The normalized spacial score (nSPS) is 10.9. The summed E-state index contributed by atoms with van der Waals surface area (Å²) in [4.78, 5) is 4.41. The lowest BCUT2D eigenvalue weighted by Crippen LogP contribution is -1.89. The second-order valence-electron chi connectivity index (χ2n) is 5.38. The van der Waals surface area contributed by atoms with E-state index in [9.17, 15) is 0 Å². The summed E-state index contributed by atoms with van der Waals surface area (Å²) in [5.41, 5.74) is 1.63. The summed E-state index contributed by atoms with van der Waals surface area (Å²) in [6, 6.07) is 15.2. The molecule has 0 fully saturated rings. The number of para-hydroxylation sites is 1. The topological polar surface area (TPSA) is 87.1 Å². The van der Waals surface area contributed by atoms with Gasteiger partial charge in [-0.1, -0.05) is 45.0 Å². The molecule has 0 spiro atoms. The van der Waals surface area contributed by atoms with Gasteiger partial charge in [0.1, 0.15) is 5.75 Å². The summed E-state index contributed by atoms with van der Waals surface area (Å²) in [6.07, 6.45) is 0. The zero-order valence-electron chi connectivity index (χ0n) is 14.1. The highest BCUT2D eigenvalue weighted by Crippen LogP contribution is 2.29. The summed E-state index contributed by atoms with van der Waals surface area (Å²) in [5.74, 6) is 2.51. The minimum absolute atomic E-state index is 0.421. The maximum Gasteiger partial charge on any atom is 0.277 e. The third-order valence-electron chi connectivity index (χ3n) is 3.63. The molecule has 4 rings (SSSR count). The first kappa shape index (κ1) is 17.7. The molecule has 0 unspecified atom stereocenters. The van der Waals surface area contributed by atoms with Crippen molar-refractivity contribution < 1.29 is 13.7 Å². The Morgan fingerprint density at radius 1 is 1.07 bits per heavy atom. The summed E-state index contributed by atoms with van der Waals surface area (Å²) >= 11 is 4.73. The van der Waals surface area contributed by atoms with Crippen LogP contribution in [0.25, 0.3) is 22.8 Å². The highest BCUT2D eigenvalue weighted by atomic mass is 79.9. The van der Waals surface area contributed by atoms with Crippen LogP contribution in [0.1, 0.15) is 5.89 Å². The molecule has 136 valence electrons. The molecule has 0 saturated carbocycles. The molecule has 0 amide bonds. The van der Waals surface area contributed by atoms with Crippen LogP contribution in [0.5, 0.6) is 5.75 Å². The summed E-state index contributed by atoms with van der Waals surface area (Å²) < 4.78 is 17.3. The van der Waals surface area contributed by atoms with Gasteiger partial charge in [-0.2, -0.15) is 4.98 Å². The third kappa shape index (κ3) is 4.04. The maximum absolute atomic E-state index is 5.67. The molecule has 0 bridgehead atoms. The molecule has 0 aliphatic carbocycles. The van der Waals surface area contributed by atoms with E-state index in [1.54, 1.807) is 7.11 Å². The van der Waals surface area contributed by atoms with Crippen LogP contribution in [0.2, 0.25) is 0 Å². The maximum atomic E-state index is 5.67. The second-order valence-corrected chi connectivity index (χ2v) is 7.22. The number of methoxy groups -OCH3 is 1. The molecule has 0 radical (unpaired) electrons. The number of halogens is 1. The van der Waals surface area contributed by atoms with Crippen molar-refractivity contribution in [3.8, 4) is 28.6 Å². The molecular formula is C18H13BrN4O3S. The summed E-state index contributed by atoms with van der Waals surface area (Å²) in [7, 11) is 1.61. The van der Waals surface area contributed by atoms with Crippen LogP contribution < -0.4 is 4.74 Å². The van der Waals surface area contributed by atoms with Gasteiger partial charge < -0.3 is 13.7 Å². The molecule has 4 aromatic rings. The van der Waals surface area contributed by atoms with E-state index in [1.807, 2.05) is 48.5 Å². The first-order valence-corrected chi connectivity index (χ1v) is 9.69. The van der Waals surface area contributed by atoms with Crippen LogP contribution in [0.15, 0.2) is 67.2 Å². The van der Waals surface area contributed by atoms with E-state index < -0.39 is 0 Å². The van der Waals surface area contributed by atoms with Gasteiger partial charge in [-0.15, -0.1) is 10.2 Å². The molecule has 2 heterocycles. The van der Waals surface area contributed by atoms with Gasteiger partial charge in [0.2, 0.25) is 17.6 Å². The fraction of sp³-hybridized carbons (Fsp3) is 0.111. The SMILES string of the molecule is COc1ccccc1-c1noc(CSc2nnc(-c3ccc(Br)cc3)o2)n1. The molecule has 0 aliphatic rings. The molecule has 2 aromatic heterocycles. The Morgan fingerprint density at radius 3 is 2.70 bits per heavy atom. The number of hydrogen-bond acceptors (Lipinski definition) is 8. The number of hydrogen-bond donors (Lipinski definition) is 0. The lowest BCUT2D eigenvalue weighted by Gasteiger charge is -2.02. The van der Waals surface area contributed by atoms with E-state index in [0.717, 1.165) is 15.6 Å². The van der Waals surface area contributed by atoms with Crippen molar-refractivity contribution in [3.05, 3.63) is 58.9 Å². The Morgan fingerprint density at radius 2 is 1.89 bits per heavy atom. The van der Waals surface area contributed by atoms with Crippen molar-refractivity contribution >= 4 is 27.7 Å². The molecule has 0 N–H and O–H groups in total. The number of nitrogens with zero attached hydrogens (tertiary/aromatic N) is 4. The van der Waals surface area contributed by atoms with Gasteiger partial charge in [-0.25, -0.2) is 0 Å². The van der Waals surface area contributed by atoms with Crippen molar-refractivity contribution in [2.75, 3.05) is 7.11 Å². The van der Waals surface area contributed by atoms with Crippen molar-refractivity contribution in [2.24, 2.45) is 0 Å². The Balaban J connectivity index is 1.44. The van der Waals surface area contributed by atoms with Crippen LogP contribution in [0, 0.1) is 0 Å². The van der Waals surface area contributed by atoms with Crippen LogP contribution in [0.4, 0.5) is 0 Å². The predicted molar refractivity (Wildman–Crippen MR) is 103 cm³/mol. The average molecular weight is 445 g/mol. The zero-order chi connectivity index (χ0) is 18.6. The van der Waals surface area contributed by atoms with Gasteiger partial charge in [0.15, 0.2) is 0 Å². The van der Waals surface area contributed by atoms with Gasteiger partial charge in [0.25, 0.3) is 5.22 Å². The highest BCUT2D eigenvalue weighted by Gasteiger charge is 2.15. The summed E-state index contributed by atoms with van der Waals surface area (Å²) in [6.45, 7) is 0. The monoisotopic (exact) mass is 444 g/mol. The molecule has 0 saturated heterocycles. The Kier molecular flexibility index (Phi) is 5.21. The van der Waals surface area contributed by atoms with Crippen LogP contribution >= 0.6 is 27.7 Å². The Bertz CT molecular complexity index is 1050. The van der Waals surface area contributed by atoms with E-state index in [2.05, 4.69) is 36.3 Å². The van der Waals surface area contributed by atoms with E-state index in [4.69, 9.17) is 13.7 Å². The highest BCUT2D eigenvalue weighted by molar-refractivity contribution is 9.10. The average Bonchev–Trinajstić information content (AvgIpc) is 3.36. The minimum atomic E-state index is 0.421. The molecule has 0 aliphatic heterocycles. The van der Waals surface area contributed by atoms with Gasteiger partial charge in [-0.05, 0) is 36.4 Å². The largest absolute Gasteiger partial charge is 0.496 e. The van der Waals surface area contributed by atoms with Crippen LogP contribution in [0.3, 0.4) is 0 Å².